The third-order valence-corrected chi connectivity index (χ3v) is 3.95. The number of carbonyl (C=O) groups excluding carboxylic acids is 1. The van der Waals surface area contributed by atoms with Crippen LogP contribution in [0.1, 0.15) is 13.8 Å². The average molecular weight is 452 g/mol. The van der Waals surface area contributed by atoms with Crippen LogP contribution in [0.5, 0.6) is 0 Å². The number of rotatable bonds is 5. The lowest BCUT2D eigenvalue weighted by Crippen LogP contribution is -2.82. The van der Waals surface area contributed by atoms with Gasteiger partial charge in [-0.05, 0) is 13.8 Å². The summed E-state index contributed by atoms with van der Waals surface area (Å²) in [7, 11) is 0.612. The van der Waals surface area contributed by atoms with Crippen LogP contribution in [0.15, 0.2) is 12.2 Å². The van der Waals surface area contributed by atoms with Crippen molar-refractivity contribution < 1.29 is 67.6 Å². The Morgan fingerprint density at radius 2 is 1.52 bits per heavy atom. The Morgan fingerprint density at radius 1 is 1.03 bits per heavy atom. The first-order valence-corrected chi connectivity index (χ1v) is 7.31. The fourth-order valence-corrected chi connectivity index (χ4v) is 2.27. The van der Waals surface area contributed by atoms with Gasteiger partial charge in [-0.25, -0.2) is 4.79 Å². The number of ether oxygens (including phenoxy) is 4. The van der Waals surface area contributed by atoms with Gasteiger partial charge in [0.25, 0.3) is 0 Å². The summed E-state index contributed by atoms with van der Waals surface area (Å²) in [5, 5.41) is 0. The fourth-order valence-electron chi connectivity index (χ4n) is 2.27. The van der Waals surface area contributed by atoms with E-state index in [1.54, 1.807) is 0 Å². The molecule has 0 amide bonds. The van der Waals surface area contributed by atoms with Crippen LogP contribution in [0.2, 0.25) is 0 Å². The molecule has 29 heavy (non-hydrogen) atoms. The Morgan fingerprint density at radius 3 is 1.86 bits per heavy atom. The molecule has 0 radical (unpaired) electrons. The second kappa shape index (κ2) is 7.27. The number of hydrogen-bond donors (Lipinski definition) is 0. The predicted molar refractivity (Wildman–Crippen MR) is 71.9 cm³/mol. The van der Waals surface area contributed by atoms with Gasteiger partial charge >= 0.3 is 36.0 Å². The number of hydrogen-bond acceptors (Lipinski definition) is 5. The molecule has 1 rings (SSSR count). The van der Waals surface area contributed by atoms with E-state index in [4.69, 9.17) is 0 Å². The largest absolute Gasteiger partial charge is 0.450 e. The lowest BCUT2D eigenvalue weighted by atomic mass is 9.81. The second-order valence-electron chi connectivity index (χ2n) is 6.11. The Bertz CT molecular complexity index is 658. The molecule has 3 atom stereocenters. The summed E-state index contributed by atoms with van der Waals surface area (Å²) in [6, 6.07) is 0. The van der Waals surface area contributed by atoms with E-state index in [1.165, 1.54) is 0 Å². The van der Waals surface area contributed by atoms with E-state index in [0.29, 0.717) is 7.11 Å². The van der Waals surface area contributed by atoms with Gasteiger partial charge in [0, 0.05) is 12.7 Å². The first kappa shape index (κ1) is 25.4. The summed E-state index contributed by atoms with van der Waals surface area (Å²) in [6.07, 6.45) is -17.5. The van der Waals surface area contributed by atoms with E-state index in [9.17, 15) is 48.7 Å². The van der Waals surface area contributed by atoms with Crippen molar-refractivity contribution in [2.45, 2.75) is 55.5 Å². The van der Waals surface area contributed by atoms with E-state index in [0.717, 1.165) is 6.92 Å². The summed E-state index contributed by atoms with van der Waals surface area (Å²) in [5.41, 5.74) is -6.07. The summed E-state index contributed by atoms with van der Waals surface area (Å²) in [4.78, 5) is 11.5. The molecule has 0 aromatic heterocycles. The van der Waals surface area contributed by atoms with E-state index < -0.39 is 66.9 Å². The topological polar surface area (TPSA) is 54.0 Å². The van der Waals surface area contributed by atoms with Crippen molar-refractivity contribution in [2.75, 3.05) is 13.9 Å². The molecule has 0 aromatic carbocycles. The smallest absolute Gasteiger partial charge is 0.446 e. The second-order valence-corrected chi connectivity index (χ2v) is 6.11. The summed E-state index contributed by atoms with van der Waals surface area (Å²) >= 11 is 0. The molecule has 1 fully saturated rings. The van der Waals surface area contributed by atoms with E-state index >= 15 is 0 Å². The van der Waals surface area contributed by atoms with Crippen LogP contribution in [0, 0.1) is 0 Å². The Balaban J connectivity index is 3.89. The highest BCUT2D eigenvalue weighted by Gasteiger charge is 2.91. The molecule has 1 saturated heterocycles. The zero-order chi connectivity index (χ0) is 23.3. The van der Waals surface area contributed by atoms with Gasteiger partial charge in [0.05, 0.1) is 0 Å². The maximum Gasteiger partial charge on any atom is 0.450 e. The van der Waals surface area contributed by atoms with Crippen molar-refractivity contribution in [2.24, 2.45) is 0 Å². The highest BCUT2D eigenvalue weighted by atomic mass is 19.4. The molecule has 0 bridgehead atoms. The van der Waals surface area contributed by atoms with E-state index in [-0.39, 0.29) is 0 Å². The first-order chi connectivity index (χ1) is 12.7. The van der Waals surface area contributed by atoms with Crippen molar-refractivity contribution >= 4 is 5.97 Å². The van der Waals surface area contributed by atoms with E-state index in [2.05, 4.69) is 25.5 Å². The molecule has 0 aromatic rings. The van der Waals surface area contributed by atoms with Crippen LogP contribution in [-0.2, 0) is 23.7 Å². The minimum atomic E-state index is -6.52. The molecule has 0 N–H and O–H groups in total. The maximum atomic E-state index is 14.7. The standard InChI is InChI=1S/C14H14F10O5/c1-6(2)7(25)28-8-10(15,16)9(3,13(19,20)21)29-12(11(8,17)18,14(22,23)24)27-5-26-4/h8H,1,5H2,2-4H3. The average Bonchev–Trinajstić information content (AvgIpc) is 2.51. The SMILES string of the molecule is C=C(C)C(=O)OC1C(F)(F)C(C)(C(F)(F)F)OC(OCOC)(C(F)(F)F)C1(F)F. The molecule has 0 aliphatic carbocycles. The Hall–Kier alpha value is -1.61. The highest BCUT2D eigenvalue weighted by molar-refractivity contribution is 5.87. The van der Waals surface area contributed by atoms with Crippen molar-refractivity contribution in [1.29, 1.82) is 0 Å². The number of esters is 1. The molecule has 0 saturated carbocycles. The molecule has 3 unspecified atom stereocenters. The van der Waals surface area contributed by atoms with Crippen LogP contribution < -0.4 is 0 Å². The van der Waals surface area contributed by atoms with Crippen molar-refractivity contribution in [3.8, 4) is 0 Å². The zero-order valence-corrected chi connectivity index (χ0v) is 14.8. The lowest BCUT2D eigenvalue weighted by Gasteiger charge is -2.55. The molecule has 1 aliphatic heterocycles. The Labute approximate surface area is 156 Å². The molecule has 170 valence electrons. The van der Waals surface area contributed by atoms with Gasteiger partial charge < -0.3 is 18.9 Å². The number of carbonyl (C=O) groups is 1. The Kier molecular flexibility index (Phi) is 6.37. The van der Waals surface area contributed by atoms with Gasteiger partial charge in [-0.15, -0.1) is 0 Å². The third-order valence-electron chi connectivity index (χ3n) is 3.95. The predicted octanol–water partition coefficient (Wildman–Crippen LogP) is 3.98. The minimum Gasteiger partial charge on any atom is -0.446 e. The van der Waals surface area contributed by atoms with Crippen molar-refractivity contribution in [3.63, 3.8) is 0 Å². The van der Waals surface area contributed by atoms with Gasteiger partial charge in [0.15, 0.2) is 0 Å². The molecular weight excluding hydrogens is 438 g/mol. The minimum absolute atomic E-state index is 0.611. The van der Waals surface area contributed by atoms with Gasteiger partial charge in [-0.3, -0.25) is 0 Å². The molecule has 15 heteroatoms. The van der Waals surface area contributed by atoms with Gasteiger partial charge in [0.1, 0.15) is 6.79 Å². The third kappa shape index (κ3) is 3.67. The van der Waals surface area contributed by atoms with Crippen molar-refractivity contribution in [1.82, 2.24) is 0 Å². The van der Waals surface area contributed by atoms with Crippen LogP contribution in [0.25, 0.3) is 0 Å². The molecule has 0 spiro atoms. The summed E-state index contributed by atoms with van der Waals surface area (Å²) in [6.45, 7) is 1.23. The zero-order valence-electron chi connectivity index (χ0n) is 14.8. The quantitative estimate of drug-likeness (QED) is 0.274. The van der Waals surface area contributed by atoms with Gasteiger partial charge in [-0.2, -0.15) is 43.9 Å². The fraction of sp³-hybridized carbons (Fsp3) is 0.786. The molecule has 1 heterocycles. The van der Waals surface area contributed by atoms with Gasteiger partial charge in [-0.1, -0.05) is 6.58 Å². The summed E-state index contributed by atoms with van der Waals surface area (Å²) in [5.74, 6) is -19.7. The molecule has 1 aliphatic rings. The number of halogens is 10. The lowest BCUT2D eigenvalue weighted by molar-refractivity contribution is -0.547. The van der Waals surface area contributed by atoms with Crippen molar-refractivity contribution in [3.05, 3.63) is 12.2 Å². The normalized spacial score (nSPS) is 32.0. The van der Waals surface area contributed by atoms with Crippen LogP contribution in [0.3, 0.4) is 0 Å². The molecule has 5 nitrogen and oxygen atoms in total. The highest BCUT2D eigenvalue weighted by Crippen LogP contribution is 2.62. The maximum absolute atomic E-state index is 14.7. The van der Waals surface area contributed by atoms with Crippen LogP contribution >= 0.6 is 0 Å². The molecular formula is C14H14F10O5. The van der Waals surface area contributed by atoms with E-state index in [1.807, 2.05) is 0 Å². The monoisotopic (exact) mass is 452 g/mol. The first-order valence-electron chi connectivity index (χ1n) is 7.31. The number of methoxy groups -OCH3 is 1. The van der Waals surface area contributed by atoms with Crippen LogP contribution in [0.4, 0.5) is 43.9 Å². The number of alkyl halides is 10. The summed E-state index contributed by atoms with van der Waals surface area (Å²) < 4.78 is 154. The van der Waals surface area contributed by atoms with Crippen LogP contribution in [-0.4, -0.2) is 61.6 Å². The van der Waals surface area contributed by atoms with Gasteiger partial charge in [0.2, 0.25) is 11.7 Å².